The molecule has 1 aromatic heterocycles. The second-order valence-corrected chi connectivity index (χ2v) is 5.15. The fourth-order valence-corrected chi connectivity index (χ4v) is 2.14. The van der Waals surface area contributed by atoms with Gasteiger partial charge in [0.25, 0.3) is 0 Å². The van der Waals surface area contributed by atoms with E-state index in [4.69, 9.17) is 0 Å². The molecule has 0 unspecified atom stereocenters. The van der Waals surface area contributed by atoms with Crippen LogP contribution in [0, 0.1) is 0 Å². The maximum Gasteiger partial charge on any atom is 0.221 e. The fourth-order valence-electron chi connectivity index (χ4n) is 2.14. The van der Waals surface area contributed by atoms with E-state index in [1.165, 1.54) is 0 Å². The van der Waals surface area contributed by atoms with E-state index >= 15 is 0 Å². The summed E-state index contributed by atoms with van der Waals surface area (Å²) in [5.41, 5.74) is 3.09. The number of hydrogen-bond acceptors (Lipinski definition) is 3. The Balaban J connectivity index is 2.01. The standard InChI is InChI=1S/C16H22N4O/c1-12(20(3)10-9-16(21)17-2)14-11-15(19-18-14)13-7-5-4-6-8-13/h4-8,11-12H,9-10H2,1-3H3,(H,17,21)(H,18,19)/t12-/m1/s1. The molecule has 0 fully saturated rings. The van der Waals surface area contributed by atoms with Gasteiger partial charge in [0.15, 0.2) is 0 Å². The van der Waals surface area contributed by atoms with Gasteiger partial charge in [-0.05, 0) is 20.0 Å². The minimum atomic E-state index is 0.0589. The Bertz CT molecular complexity index is 579. The van der Waals surface area contributed by atoms with Gasteiger partial charge in [0.05, 0.1) is 11.4 Å². The summed E-state index contributed by atoms with van der Waals surface area (Å²) in [6.07, 6.45) is 0.497. The lowest BCUT2D eigenvalue weighted by molar-refractivity contribution is -0.120. The number of carbonyl (C=O) groups is 1. The van der Waals surface area contributed by atoms with Crippen LogP contribution in [-0.4, -0.2) is 41.6 Å². The number of aromatic amines is 1. The second-order valence-electron chi connectivity index (χ2n) is 5.15. The van der Waals surface area contributed by atoms with E-state index in [0.717, 1.165) is 17.0 Å². The van der Waals surface area contributed by atoms with Gasteiger partial charge >= 0.3 is 0 Å². The van der Waals surface area contributed by atoms with Crippen LogP contribution in [0.4, 0.5) is 0 Å². The van der Waals surface area contributed by atoms with Crippen LogP contribution in [0.15, 0.2) is 36.4 Å². The highest BCUT2D eigenvalue weighted by Gasteiger charge is 2.15. The molecule has 1 atom stereocenters. The van der Waals surface area contributed by atoms with Crippen LogP contribution in [0.25, 0.3) is 11.3 Å². The normalized spacial score (nSPS) is 12.4. The van der Waals surface area contributed by atoms with E-state index in [1.807, 2.05) is 37.4 Å². The SMILES string of the molecule is CNC(=O)CCN(C)[C@H](C)c1cc(-c2ccccc2)n[nH]1. The van der Waals surface area contributed by atoms with E-state index in [9.17, 15) is 4.79 Å². The summed E-state index contributed by atoms with van der Waals surface area (Å²) >= 11 is 0. The van der Waals surface area contributed by atoms with E-state index in [0.29, 0.717) is 13.0 Å². The van der Waals surface area contributed by atoms with Gasteiger partial charge < -0.3 is 5.32 Å². The number of benzene rings is 1. The molecule has 0 spiro atoms. The first-order valence-corrected chi connectivity index (χ1v) is 7.13. The van der Waals surface area contributed by atoms with Crippen LogP contribution in [0.3, 0.4) is 0 Å². The van der Waals surface area contributed by atoms with Crippen LogP contribution in [0.5, 0.6) is 0 Å². The highest BCUT2D eigenvalue weighted by molar-refractivity contribution is 5.75. The molecule has 0 saturated heterocycles. The number of carbonyl (C=O) groups excluding carboxylic acids is 1. The van der Waals surface area contributed by atoms with Gasteiger partial charge in [-0.3, -0.25) is 14.8 Å². The van der Waals surface area contributed by atoms with Crippen molar-refractivity contribution < 1.29 is 4.79 Å². The fraction of sp³-hybridized carbons (Fsp3) is 0.375. The lowest BCUT2D eigenvalue weighted by atomic mass is 10.1. The summed E-state index contributed by atoms with van der Waals surface area (Å²) < 4.78 is 0. The second kappa shape index (κ2) is 7.04. The lowest BCUT2D eigenvalue weighted by Crippen LogP contribution is -2.28. The maximum absolute atomic E-state index is 11.3. The summed E-state index contributed by atoms with van der Waals surface area (Å²) in [5, 5.41) is 10.1. The molecule has 0 radical (unpaired) electrons. The van der Waals surface area contributed by atoms with E-state index in [2.05, 4.69) is 33.4 Å². The molecule has 2 N–H and O–H groups in total. The number of H-pyrrole nitrogens is 1. The average Bonchev–Trinajstić information content (AvgIpc) is 3.02. The van der Waals surface area contributed by atoms with Gasteiger partial charge in [0, 0.05) is 31.6 Å². The van der Waals surface area contributed by atoms with Crippen molar-refractivity contribution in [1.29, 1.82) is 0 Å². The Kier molecular flexibility index (Phi) is 5.11. The quantitative estimate of drug-likeness (QED) is 0.856. The Morgan fingerprint density at radius 1 is 1.38 bits per heavy atom. The van der Waals surface area contributed by atoms with Crippen LogP contribution < -0.4 is 5.32 Å². The van der Waals surface area contributed by atoms with Crippen LogP contribution in [0.1, 0.15) is 25.1 Å². The van der Waals surface area contributed by atoms with E-state index in [-0.39, 0.29) is 11.9 Å². The van der Waals surface area contributed by atoms with Gasteiger partial charge in [0.1, 0.15) is 0 Å². The molecular formula is C16H22N4O. The molecule has 1 aromatic carbocycles. The zero-order valence-electron chi connectivity index (χ0n) is 12.8. The van der Waals surface area contributed by atoms with Gasteiger partial charge in [-0.15, -0.1) is 0 Å². The van der Waals surface area contributed by atoms with Crippen molar-refractivity contribution in [3.63, 3.8) is 0 Å². The summed E-state index contributed by atoms with van der Waals surface area (Å²) in [5.74, 6) is 0.0589. The molecule has 5 nitrogen and oxygen atoms in total. The molecule has 0 aliphatic carbocycles. The van der Waals surface area contributed by atoms with Gasteiger partial charge in [0.2, 0.25) is 5.91 Å². The molecular weight excluding hydrogens is 264 g/mol. The molecule has 0 saturated carbocycles. The van der Waals surface area contributed by atoms with Gasteiger partial charge in [-0.2, -0.15) is 5.10 Å². The topological polar surface area (TPSA) is 61.0 Å². The minimum absolute atomic E-state index is 0.0589. The van der Waals surface area contributed by atoms with Crippen molar-refractivity contribution in [3.05, 3.63) is 42.1 Å². The predicted molar refractivity (Wildman–Crippen MR) is 83.8 cm³/mol. The smallest absolute Gasteiger partial charge is 0.221 e. The van der Waals surface area contributed by atoms with E-state index < -0.39 is 0 Å². The summed E-state index contributed by atoms with van der Waals surface area (Å²) in [7, 11) is 3.67. The highest BCUT2D eigenvalue weighted by atomic mass is 16.1. The molecule has 5 heteroatoms. The minimum Gasteiger partial charge on any atom is -0.359 e. The molecule has 1 heterocycles. The zero-order chi connectivity index (χ0) is 15.2. The van der Waals surface area contributed by atoms with Crippen molar-refractivity contribution in [2.75, 3.05) is 20.6 Å². The number of rotatable bonds is 6. The lowest BCUT2D eigenvalue weighted by Gasteiger charge is -2.23. The van der Waals surface area contributed by atoms with Gasteiger partial charge in [-0.1, -0.05) is 30.3 Å². The summed E-state index contributed by atoms with van der Waals surface area (Å²) in [4.78, 5) is 13.4. The third-order valence-electron chi connectivity index (χ3n) is 3.75. The number of hydrogen-bond donors (Lipinski definition) is 2. The monoisotopic (exact) mass is 286 g/mol. The highest BCUT2D eigenvalue weighted by Crippen LogP contribution is 2.22. The Morgan fingerprint density at radius 3 is 2.76 bits per heavy atom. The molecule has 0 aliphatic heterocycles. The number of nitrogens with zero attached hydrogens (tertiary/aromatic N) is 2. The average molecular weight is 286 g/mol. The predicted octanol–water partition coefficient (Wildman–Crippen LogP) is 2.21. The third kappa shape index (κ3) is 3.92. The van der Waals surface area contributed by atoms with Crippen LogP contribution >= 0.6 is 0 Å². The summed E-state index contributed by atoms with van der Waals surface area (Å²) in [6, 6.07) is 12.3. The van der Waals surface area contributed by atoms with Crippen molar-refractivity contribution in [2.24, 2.45) is 0 Å². The number of amides is 1. The van der Waals surface area contributed by atoms with Gasteiger partial charge in [-0.25, -0.2) is 0 Å². The Hall–Kier alpha value is -2.14. The molecule has 0 bridgehead atoms. The maximum atomic E-state index is 11.3. The molecule has 1 amide bonds. The number of aromatic nitrogens is 2. The number of nitrogens with one attached hydrogen (secondary N) is 2. The molecule has 21 heavy (non-hydrogen) atoms. The molecule has 0 aliphatic rings. The van der Waals surface area contributed by atoms with Crippen molar-refractivity contribution in [2.45, 2.75) is 19.4 Å². The first-order valence-electron chi connectivity index (χ1n) is 7.13. The molecule has 2 rings (SSSR count). The van der Waals surface area contributed by atoms with E-state index in [1.54, 1.807) is 7.05 Å². The Morgan fingerprint density at radius 2 is 2.10 bits per heavy atom. The largest absolute Gasteiger partial charge is 0.359 e. The molecule has 112 valence electrons. The Labute approximate surface area is 125 Å². The van der Waals surface area contributed by atoms with Crippen molar-refractivity contribution in [3.8, 4) is 11.3 Å². The molecule has 2 aromatic rings. The zero-order valence-corrected chi connectivity index (χ0v) is 12.8. The van der Waals surface area contributed by atoms with Crippen molar-refractivity contribution in [1.82, 2.24) is 20.4 Å². The first-order chi connectivity index (χ1) is 10.1. The first kappa shape index (κ1) is 15.3. The van der Waals surface area contributed by atoms with Crippen LogP contribution in [-0.2, 0) is 4.79 Å². The van der Waals surface area contributed by atoms with Crippen LogP contribution in [0.2, 0.25) is 0 Å². The summed E-state index contributed by atoms with van der Waals surface area (Å²) in [6.45, 7) is 2.81. The van der Waals surface area contributed by atoms with Crippen molar-refractivity contribution >= 4 is 5.91 Å². The third-order valence-corrected chi connectivity index (χ3v) is 3.75.